The van der Waals surface area contributed by atoms with Crippen molar-refractivity contribution in [3.63, 3.8) is 0 Å². The summed E-state index contributed by atoms with van der Waals surface area (Å²) in [5.74, 6) is 0.292. The van der Waals surface area contributed by atoms with Crippen LogP contribution < -0.4 is 0 Å². The number of furan rings is 1. The van der Waals surface area contributed by atoms with E-state index in [1.165, 1.54) is 71.9 Å². The molecule has 0 aliphatic heterocycles. The Hall–Kier alpha value is -7.42. The lowest BCUT2D eigenvalue weighted by Gasteiger charge is -2.20. The van der Waals surface area contributed by atoms with Crippen LogP contribution in [0, 0.1) is 0 Å². The van der Waals surface area contributed by atoms with Crippen molar-refractivity contribution in [2.45, 2.75) is 18.8 Å². The number of para-hydroxylation sites is 2. The molecule has 12 rings (SSSR count). The standard InChI is InChI=1S/C57H39NO/c1-3-15-37(16-4-1)38-29-31-40(32-30-38)42-34-33-41-19-13-24-46(54(41)45-21-8-7-20-44(42)45)47-25-14-27-51-55(47)48-22-9-11-26-50(48)58(51)52-36-35-43(39-17-5-2-6-18-39)57-56(52)49-23-10-12-28-53(49)59-57/h1-32,35-36,42H,33-34H2. The Labute approximate surface area is 343 Å². The number of hydrogen-bond acceptors (Lipinski definition) is 1. The van der Waals surface area contributed by atoms with Crippen LogP contribution in [0.1, 0.15) is 29.0 Å². The predicted molar refractivity (Wildman–Crippen MR) is 246 cm³/mol. The van der Waals surface area contributed by atoms with Gasteiger partial charge >= 0.3 is 0 Å². The topological polar surface area (TPSA) is 18.1 Å². The Balaban J connectivity index is 1.06. The lowest BCUT2D eigenvalue weighted by Crippen LogP contribution is -2.02. The average Bonchev–Trinajstić information content (AvgIpc) is 3.81. The molecular weight excluding hydrogens is 715 g/mol. The van der Waals surface area contributed by atoms with E-state index < -0.39 is 0 Å². The van der Waals surface area contributed by atoms with Crippen molar-refractivity contribution >= 4 is 43.7 Å². The van der Waals surface area contributed by atoms with Crippen LogP contribution in [-0.2, 0) is 6.42 Å². The highest BCUT2D eigenvalue weighted by molar-refractivity contribution is 6.20. The van der Waals surface area contributed by atoms with Crippen LogP contribution in [0.25, 0.3) is 93.9 Å². The number of benzene rings is 9. The van der Waals surface area contributed by atoms with Gasteiger partial charge < -0.3 is 8.98 Å². The first-order chi connectivity index (χ1) is 29.3. The summed E-state index contributed by atoms with van der Waals surface area (Å²) in [6.07, 6.45) is 2.05. The molecule has 1 unspecified atom stereocenters. The van der Waals surface area contributed by atoms with E-state index in [9.17, 15) is 0 Å². The highest BCUT2D eigenvalue weighted by Crippen LogP contribution is 2.49. The molecule has 2 heterocycles. The summed E-state index contributed by atoms with van der Waals surface area (Å²) in [4.78, 5) is 0. The molecule has 278 valence electrons. The van der Waals surface area contributed by atoms with Gasteiger partial charge in [-0.1, -0.05) is 176 Å². The Morgan fingerprint density at radius 3 is 1.92 bits per heavy atom. The van der Waals surface area contributed by atoms with Gasteiger partial charge in [-0.2, -0.15) is 0 Å². The maximum absolute atomic E-state index is 6.75. The van der Waals surface area contributed by atoms with Crippen molar-refractivity contribution in [3.8, 4) is 50.2 Å². The molecule has 0 spiro atoms. The lowest BCUT2D eigenvalue weighted by atomic mass is 9.84. The average molecular weight is 754 g/mol. The highest BCUT2D eigenvalue weighted by Gasteiger charge is 2.27. The van der Waals surface area contributed by atoms with E-state index in [2.05, 4.69) is 211 Å². The molecule has 0 amide bonds. The van der Waals surface area contributed by atoms with Crippen molar-refractivity contribution in [1.82, 2.24) is 4.57 Å². The normalized spacial score (nSPS) is 13.8. The third-order valence-corrected chi connectivity index (χ3v) is 12.7. The predicted octanol–water partition coefficient (Wildman–Crippen LogP) is 15.4. The molecule has 0 bridgehead atoms. The van der Waals surface area contributed by atoms with Gasteiger partial charge in [0.15, 0.2) is 0 Å². The highest BCUT2D eigenvalue weighted by atomic mass is 16.3. The van der Waals surface area contributed by atoms with Gasteiger partial charge in [-0.3, -0.25) is 0 Å². The molecule has 0 N–H and O–H groups in total. The monoisotopic (exact) mass is 753 g/mol. The largest absolute Gasteiger partial charge is 0.455 e. The van der Waals surface area contributed by atoms with Crippen molar-refractivity contribution in [2.24, 2.45) is 0 Å². The van der Waals surface area contributed by atoms with E-state index in [-0.39, 0.29) is 0 Å². The van der Waals surface area contributed by atoms with Crippen LogP contribution in [0.5, 0.6) is 0 Å². The SMILES string of the molecule is c1ccc(-c2ccc(C3CCc4cccc(-c5cccc6c5c5ccccc5n6-c5ccc(-c6ccccc6)c6oc7ccccc7c56)c4-c4ccccc43)cc2)cc1. The first-order valence-electron chi connectivity index (χ1n) is 20.7. The zero-order valence-electron chi connectivity index (χ0n) is 32.5. The van der Waals surface area contributed by atoms with Gasteiger partial charge in [-0.25, -0.2) is 0 Å². The molecule has 1 aliphatic carbocycles. The van der Waals surface area contributed by atoms with Gasteiger partial charge in [-0.05, 0) is 98.8 Å². The molecule has 59 heavy (non-hydrogen) atoms. The smallest absolute Gasteiger partial charge is 0.145 e. The summed E-state index contributed by atoms with van der Waals surface area (Å²) in [7, 11) is 0. The summed E-state index contributed by atoms with van der Waals surface area (Å²) in [6, 6.07) is 75.5. The molecule has 2 heteroatoms. The molecule has 0 saturated carbocycles. The van der Waals surface area contributed by atoms with E-state index in [0.29, 0.717) is 5.92 Å². The Kier molecular flexibility index (Phi) is 7.77. The second-order valence-electron chi connectivity index (χ2n) is 15.9. The van der Waals surface area contributed by atoms with Crippen LogP contribution in [0.15, 0.2) is 211 Å². The van der Waals surface area contributed by atoms with Crippen LogP contribution in [0.2, 0.25) is 0 Å². The van der Waals surface area contributed by atoms with E-state index >= 15 is 0 Å². The molecule has 1 aliphatic rings. The summed E-state index contributed by atoms with van der Waals surface area (Å²) >= 11 is 0. The molecule has 11 aromatic rings. The molecule has 0 radical (unpaired) electrons. The Bertz CT molecular complexity index is 3370. The maximum atomic E-state index is 6.75. The van der Waals surface area contributed by atoms with Crippen molar-refractivity contribution < 1.29 is 4.42 Å². The van der Waals surface area contributed by atoms with Gasteiger partial charge in [0.05, 0.1) is 22.1 Å². The minimum atomic E-state index is 0.292. The number of nitrogens with zero attached hydrogens (tertiary/aromatic N) is 1. The molecule has 0 saturated heterocycles. The third-order valence-electron chi connectivity index (χ3n) is 12.7. The minimum absolute atomic E-state index is 0.292. The molecule has 0 fully saturated rings. The van der Waals surface area contributed by atoms with Crippen LogP contribution in [0.3, 0.4) is 0 Å². The van der Waals surface area contributed by atoms with Gasteiger partial charge in [-0.15, -0.1) is 0 Å². The summed E-state index contributed by atoms with van der Waals surface area (Å²) in [5, 5.41) is 4.74. The Morgan fingerprint density at radius 2 is 1.07 bits per heavy atom. The van der Waals surface area contributed by atoms with Gasteiger partial charge in [0, 0.05) is 27.6 Å². The van der Waals surface area contributed by atoms with E-state index in [1.807, 2.05) is 0 Å². The van der Waals surface area contributed by atoms with Crippen molar-refractivity contribution in [2.75, 3.05) is 0 Å². The number of hydrogen-bond donors (Lipinski definition) is 0. The van der Waals surface area contributed by atoms with E-state index in [0.717, 1.165) is 51.6 Å². The summed E-state index contributed by atoms with van der Waals surface area (Å²) in [5.41, 5.74) is 19.4. The fourth-order valence-corrected chi connectivity index (χ4v) is 10.1. The molecular formula is C57H39NO. The number of rotatable bonds is 5. The fourth-order valence-electron chi connectivity index (χ4n) is 10.1. The zero-order chi connectivity index (χ0) is 38.9. The number of fused-ring (bicyclic) bond motifs is 9. The first-order valence-corrected chi connectivity index (χ1v) is 20.7. The van der Waals surface area contributed by atoms with Gasteiger partial charge in [0.1, 0.15) is 11.2 Å². The van der Waals surface area contributed by atoms with Crippen LogP contribution >= 0.6 is 0 Å². The summed E-state index contributed by atoms with van der Waals surface area (Å²) in [6.45, 7) is 0. The summed E-state index contributed by atoms with van der Waals surface area (Å²) < 4.78 is 9.22. The first kappa shape index (κ1) is 33.7. The molecule has 2 aromatic heterocycles. The molecule has 2 nitrogen and oxygen atoms in total. The molecule has 1 atom stereocenters. The zero-order valence-corrected chi connectivity index (χ0v) is 32.5. The maximum Gasteiger partial charge on any atom is 0.145 e. The van der Waals surface area contributed by atoms with Gasteiger partial charge in [0.25, 0.3) is 0 Å². The number of aromatic nitrogens is 1. The van der Waals surface area contributed by atoms with Crippen molar-refractivity contribution in [1.29, 1.82) is 0 Å². The second kappa shape index (κ2) is 13.6. The van der Waals surface area contributed by atoms with Crippen LogP contribution in [-0.4, -0.2) is 4.57 Å². The quantitative estimate of drug-likeness (QED) is 0.171. The Morgan fingerprint density at radius 1 is 0.424 bits per heavy atom. The van der Waals surface area contributed by atoms with E-state index in [1.54, 1.807) is 0 Å². The number of aryl methyl sites for hydroxylation is 1. The van der Waals surface area contributed by atoms with E-state index in [4.69, 9.17) is 4.42 Å². The minimum Gasteiger partial charge on any atom is -0.455 e. The third kappa shape index (κ3) is 5.34. The van der Waals surface area contributed by atoms with Crippen LogP contribution in [0.4, 0.5) is 0 Å². The lowest BCUT2D eigenvalue weighted by molar-refractivity contribution is 0.670. The molecule has 9 aromatic carbocycles. The second-order valence-corrected chi connectivity index (χ2v) is 15.9. The van der Waals surface area contributed by atoms with Gasteiger partial charge in [0.2, 0.25) is 0 Å². The van der Waals surface area contributed by atoms with Crippen molar-refractivity contribution in [3.05, 3.63) is 223 Å². The fraction of sp³-hybridized carbons (Fsp3) is 0.0526.